The molecule has 0 unspecified atom stereocenters. The van der Waals surface area contributed by atoms with Crippen LogP contribution >= 0.6 is 0 Å². The van der Waals surface area contributed by atoms with Crippen LogP contribution in [-0.2, 0) is 0 Å². The van der Waals surface area contributed by atoms with Crippen LogP contribution in [0.3, 0.4) is 0 Å². The number of rotatable bonds is 2. The number of nitrogens with zero attached hydrogens (tertiary/aromatic N) is 2. The Bertz CT molecular complexity index is 979. The molecule has 1 aliphatic rings. The topological polar surface area (TPSA) is 65.6 Å². The van der Waals surface area contributed by atoms with Gasteiger partial charge >= 0.3 is 0 Å². The summed E-state index contributed by atoms with van der Waals surface area (Å²) in [7, 11) is 0. The maximum absolute atomic E-state index is 4.78. The summed E-state index contributed by atoms with van der Waals surface area (Å²) in [6.07, 6.45) is -0.0354. The van der Waals surface area contributed by atoms with Crippen LogP contribution in [0.4, 0.5) is 11.4 Å². The second kappa shape index (κ2) is 5.09. The van der Waals surface area contributed by atoms with E-state index in [-0.39, 0.29) is 6.17 Å². The zero-order chi connectivity index (χ0) is 15.9. The van der Waals surface area contributed by atoms with E-state index < -0.39 is 0 Å². The number of benzene rings is 2. The molecule has 0 radical (unpaired) electrons. The maximum Gasteiger partial charge on any atom is 0.157 e. The van der Waals surface area contributed by atoms with E-state index in [0.29, 0.717) is 0 Å². The standard InChI is InChI=1S/C19H15N5/c1-2-7-13-12(6-1)21-18(22-13)16-10-5-11-17(20-16)19-23-14-8-3-4-9-15(14)24-19/h1-11,18,21-22H,(H,23,24). The number of anilines is 2. The van der Waals surface area contributed by atoms with Gasteiger partial charge in [-0.05, 0) is 36.4 Å². The van der Waals surface area contributed by atoms with Gasteiger partial charge in [0.25, 0.3) is 0 Å². The van der Waals surface area contributed by atoms with Crippen molar-refractivity contribution < 1.29 is 0 Å². The molecule has 5 heteroatoms. The largest absolute Gasteiger partial charge is 0.359 e. The zero-order valence-corrected chi connectivity index (χ0v) is 12.8. The van der Waals surface area contributed by atoms with Crippen molar-refractivity contribution in [3.05, 3.63) is 72.4 Å². The molecule has 116 valence electrons. The third-order valence-corrected chi connectivity index (χ3v) is 4.23. The van der Waals surface area contributed by atoms with E-state index in [1.165, 1.54) is 0 Å². The molecule has 3 N–H and O–H groups in total. The fourth-order valence-corrected chi connectivity index (χ4v) is 3.05. The number of aromatic amines is 1. The fraction of sp³-hybridized carbons (Fsp3) is 0.0526. The van der Waals surface area contributed by atoms with Gasteiger partial charge in [0.1, 0.15) is 11.9 Å². The number of imidazole rings is 1. The van der Waals surface area contributed by atoms with E-state index in [0.717, 1.165) is 39.6 Å². The molecule has 24 heavy (non-hydrogen) atoms. The summed E-state index contributed by atoms with van der Waals surface area (Å²) in [5.74, 6) is 0.786. The minimum atomic E-state index is -0.0354. The Balaban J connectivity index is 1.51. The average molecular weight is 313 g/mol. The fourth-order valence-electron chi connectivity index (χ4n) is 3.05. The number of para-hydroxylation sites is 4. The van der Waals surface area contributed by atoms with Gasteiger partial charge < -0.3 is 15.6 Å². The molecule has 1 aliphatic heterocycles. The lowest BCUT2D eigenvalue weighted by Crippen LogP contribution is -2.14. The summed E-state index contributed by atoms with van der Waals surface area (Å²) in [6, 6.07) is 22.2. The van der Waals surface area contributed by atoms with Crippen molar-refractivity contribution in [2.45, 2.75) is 6.17 Å². The second-order valence-corrected chi connectivity index (χ2v) is 5.82. The Hall–Kier alpha value is -3.34. The van der Waals surface area contributed by atoms with Crippen molar-refractivity contribution in [2.24, 2.45) is 0 Å². The van der Waals surface area contributed by atoms with Crippen molar-refractivity contribution in [3.63, 3.8) is 0 Å². The average Bonchev–Trinajstić information content (AvgIpc) is 3.26. The first kappa shape index (κ1) is 13.1. The van der Waals surface area contributed by atoms with Crippen molar-refractivity contribution in [3.8, 4) is 11.5 Å². The summed E-state index contributed by atoms with van der Waals surface area (Å²) in [5, 5.41) is 6.90. The first-order chi connectivity index (χ1) is 11.9. The van der Waals surface area contributed by atoms with E-state index in [4.69, 9.17) is 4.98 Å². The van der Waals surface area contributed by atoms with Crippen molar-refractivity contribution in [1.82, 2.24) is 15.0 Å². The van der Waals surface area contributed by atoms with Gasteiger partial charge in [-0.25, -0.2) is 9.97 Å². The van der Waals surface area contributed by atoms with Gasteiger partial charge in [-0.2, -0.15) is 0 Å². The van der Waals surface area contributed by atoms with Gasteiger partial charge in [0.05, 0.1) is 28.1 Å². The molecule has 5 rings (SSSR count). The first-order valence-corrected chi connectivity index (χ1v) is 7.91. The number of hydrogen-bond acceptors (Lipinski definition) is 4. The SMILES string of the molecule is c1cc(-c2nc3ccccc3[nH]2)nc(C2Nc3ccccc3N2)c1. The molecule has 0 bridgehead atoms. The van der Waals surface area contributed by atoms with Crippen molar-refractivity contribution >= 4 is 22.4 Å². The van der Waals surface area contributed by atoms with Gasteiger partial charge in [0.15, 0.2) is 5.82 Å². The van der Waals surface area contributed by atoms with Crippen molar-refractivity contribution in [2.75, 3.05) is 10.6 Å². The summed E-state index contributed by atoms with van der Waals surface area (Å²) in [4.78, 5) is 12.7. The molecule has 0 aliphatic carbocycles. The molecule has 0 atom stereocenters. The Morgan fingerprint density at radius 1 is 0.708 bits per heavy atom. The molecule has 2 aromatic carbocycles. The van der Waals surface area contributed by atoms with Crippen molar-refractivity contribution in [1.29, 1.82) is 0 Å². The Labute approximate surface area is 138 Å². The lowest BCUT2D eigenvalue weighted by molar-refractivity contribution is 0.886. The highest BCUT2D eigenvalue weighted by atomic mass is 15.2. The summed E-state index contributed by atoms with van der Waals surface area (Å²) in [6.45, 7) is 0. The molecule has 2 aromatic heterocycles. The highest BCUT2D eigenvalue weighted by molar-refractivity contribution is 5.78. The maximum atomic E-state index is 4.78. The Kier molecular flexibility index (Phi) is 2.79. The summed E-state index contributed by atoms with van der Waals surface area (Å²) >= 11 is 0. The predicted molar refractivity (Wildman–Crippen MR) is 95.8 cm³/mol. The molecule has 5 nitrogen and oxygen atoms in total. The molecule has 3 heterocycles. The summed E-state index contributed by atoms with van der Waals surface area (Å²) < 4.78 is 0. The number of pyridine rings is 1. The quantitative estimate of drug-likeness (QED) is 0.520. The Morgan fingerprint density at radius 2 is 1.46 bits per heavy atom. The van der Waals surface area contributed by atoms with E-state index in [2.05, 4.69) is 32.7 Å². The molecular formula is C19H15N5. The number of H-pyrrole nitrogens is 1. The lowest BCUT2D eigenvalue weighted by Gasteiger charge is -2.12. The first-order valence-electron chi connectivity index (χ1n) is 7.91. The van der Waals surface area contributed by atoms with Gasteiger partial charge in [0, 0.05) is 0 Å². The molecule has 0 fully saturated rings. The predicted octanol–water partition coefficient (Wildman–Crippen LogP) is 4.16. The van der Waals surface area contributed by atoms with Crippen LogP contribution in [0.1, 0.15) is 11.9 Å². The van der Waals surface area contributed by atoms with E-state index in [1.807, 2.05) is 54.6 Å². The van der Waals surface area contributed by atoms with Crippen LogP contribution in [-0.4, -0.2) is 15.0 Å². The third kappa shape index (κ3) is 2.10. The monoisotopic (exact) mass is 313 g/mol. The number of fused-ring (bicyclic) bond motifs is 2. The molecule has 0 saturated carbocycles. The normalized spacial score (nSPS) is 13.5. The smallest absolute Gasteiger partial charge is 0.157 e. The van der Waals surface area contributed by atoms with Gasteiger partial charge in [-0.15, -0.1) is 0 Å². The van der Waals surface area contributed by atoms with E-state index in [1.54, 1.807) is 0 Å². The van der Waals surface area contributed by atoms with Gasteiger partial charge in [0.2, 0.25) is 0 Å². The van der Waals surface area contributed by atoms with Gasteiger partial charge in [-0.1, -0.05) is 30.3 Å². The minimum Gasteiger partial charge on any atom is -0.359 e. The lowest BCUT2D eigenvalue weighted by atomic mass is 10.2. The summed E-state index contributed by atoms with van der Waals surface area (Å²) in [5.41, 5.74) is 5.93. The Morgan fingerprint density at radius 3 is 2.25 bits per heavy atom. The van der Waals surface area contributed by atoms with E-state index >= 15 is 0 Å². The van der Waals surface area contributed by atoms with Crippen LogP contribution < -0.4 is 10.6 Å². The number of hydrogen-bond donors (Lipinski definition) is 3. The molecule has 4 aromatic rings. The second-order valence-electron chi connectivity index (χ2n) is 5.82. The highest BCUT2D eigenvalue weighted by Gasteiger charge is 2.22. The number of aromatic nitrogens is 3. The van der Waals surface area contributed by atoms with Crippen LogP contribution in [0.2, 0.25) is 0 Å². The van der Waals surface area contributed by atoms with Crippen LogP contribution in [0.5, 0.6) is 0 Å². The molecule has 0 spiro atoms. The minimum absolute atomic E-state index is 0.0354. The van der Waals surface area contributed by atoms with E-state index in [9.17, 15) is 0 Å². The van der Waals surface area contributed by atoms with Crippen LogP contribution in [0.25, 0.3) is 22.6 Å². The third-order valence-electron chi connectivity index (χ3n) is 4.23. The zero-order valence-electron chi connectivity index (χ0n) is 12.8. The molecule has 0 amide bonds. The van der Waals surface area contributed by atoms with Crippen LogP contribution in [0.15, 0.2) is 66.7 Å². The number of nitrogens with one attached hydrogen (secondary N) is 3. The highest BCUT2D eigenvalue weighted by Crippen LogP contribution is 2.34. The van der Waals surface area contributed by atoms with Gasteiger partial charge in [-0.3, -0.25) is 0 Å². The molecular weight excluding hydrogens is 298 g/mol. The van der Waals surface area contributed by atoms with Crippen LogP contribution in [0, 0.1) is 0 Å². The molecule has 0 saturated heterocycles.